The summed E-state index contributed by atoms with van der Waals surface area (Å²) >= 11 is 0. The maximum absolute atomic E-state index is 9.78. The first kappa shape index (κ1) is 18.0. The van der Waals surface area contributed by atoms with E-state index in [0.717, 1.165) is 29.6 Å². The number of aromatic nitrogens is 3. The molecule has 1 saturated heterocycles. The summed E-state index contributed by atoms with van der Waals surface area (Å²) in [4.78, 5) is 4.45. The summed E-state index contributed by atoms with van der Waals surface area (Å²) in [5.41, 5.74) is 4.50. The van der Waals surface area contributed by atoms with Crippen molar-refractivity contribution >= 4 is 23.8 Å². The molecule has 3 N–H and O–H groups in total. The Morgan fingerprint density at radius 3 is 2.70 bits per heavy atom. The molecule has 0 saturated carbocycles. The average molecular weight is 366 g/mol. The average Bonchev–Trinajstić information content (AvgIpc) is 3.04. The lowest BCUT2D eigenvalue weighted by Crippen LogP contribution is -2.44. The van der Waals surface area contributed by atoms with Gasteiger partial charge in [0, 0.05) is 36.1 Å². The Morgan fingerprint density at radius 1 is 1.19 bits per heavy atom. The summed E-state index contributed by atoms with van der Waals surface area (Å²) in [6.07, 6.45) is 5.02. The van der Waals surface area contributed by atoms with Gasteiger partial charge in [0.05, 0.1) is 23.1 Å². The van der Waals surface area contributed by atoms with E-state index < -0.39 is 7.12 Å². The Bertz CT molecular complexity index is 967. The normalized spacial score (nSPS) is 16.4. The van der Waals surface area contributed by atoms with Crippen molar-refractivity contribution in [3.8, 4) is 11.4 Å². The van der Waals surface area contributed by atoms with Crippen LogP contribution in [0.2, 0.25) is 0 Å². The Kier molecular flexibility index (Phi) is 4.63. The van der Waals surface area contributed by atoms with Crippen molar-refractivity contribution in [2.24, 2.45) is 0 Å². The van der Waals surface area contributed by atoms with Crippen molar-refractivity contribution in [2.75, 3.05) is 18.5 Å². The predicted molar refractivity (Wildman–Crippen MR) is 105 cm³/mol. The van der Waals surface area contributed by atoms with Crippen LogP contribution >= 0.6 is 0 Å². The first-order chi connectivity index (χ1) is 13.0. The molecule has 0 radical (unpaired) electrons. The Hall–Kier alpha value is -2.42. The van der Waals surface area contributed by atoms with E-state index in [1.54, 1.807) is 0 Å². The van der Waals surface area contributed by atoms with E-state index in [4.69, 9.17) is 4.74 Å². The van der Waals surface area contributed by atoms with Crippen LogP contribution in [0.5, 0.6) is 0 Å². The highest BCUT2D eigenvalue weighted by Gasteiger charge is 2.29. The van der Waals surface area contributed by atoms with E-state index in [-0.39, 0.29) is 5.54 Å². The molecule has 4 heterocycles. The molecule has 27 heavy (non-hydrogen) atoms. The molecule has 0 aromatic carbocycles. The quantitative estimate of drug-likeness (QED) is 0.604. The maximum Gasteiger partial charge on any atom is 0.492 e. The number of fused-ring (bicyclic) bond motifs is 1. The molecule has 0 unspecified atom stereocenters. The highest BCUT2D eigenvalue weighted by Crippen LogP contribution is 2.27. The van der Waals surface area contributed by atoms with Crippen LogP contribution in [0.1, 0.15) is 25.3 Å². The summed E-state index contributed by atoms with van der Waals surface area (Å²) in [6.45, 7) is 5.50. The van der Waals surface area contributed by atoms with E-state index in [2.05, 4.69) is 28.4 Å². The SMILES string of the molecule is Cc1cnn2c(-c3cc(NC4(C)CCOCC4)c(B(O)O)cn3)ccc2c1. The summed E-state index contributed by atoms with van der Waals surface area (Å²) < 4.78 is 7.30. The number of nitrogens with zero attached hydrogens (tertiary/aromatic N) is 3. The zero-order valence-electron chi connectivity index (χ0n) is 15.5. The topological polar surface area (TPSA) is 91.9 Å². The van der Waals surface area contributed by atoms with Gasteiger partial charge < -0.3 is 20.1 Å². The van der Waals surface area contributed by atoms with Gasteiger partial charge in [0.25, 0.3) is 0 Å². The molecule has 3 aromatic rings. The standard InChI is InChI=1S/C19H23BN4O3/c1-13-9-14-3-4-18(24(14)22-11-13)17-10-16(15(12-21-17)20(25)26)23-19(2)5-7-27-8-6-19/h3-4,9-12,25-26H,5-8H2,1-2H3,(H,21,23). The van der Waals surface area contributed by atoms with E-state index in [9.17, 15) is 10.0 Å². The second kappa shape index (κ2) is 6.96. The van der Waals surface area contributed by atoms with Crippen LogP contribution < -0.4 is 10.8 Å². The lowest BCUT2D eigenvalue weighted by molar-refractivity contribution is 0.0658. The predicted octanol–water partition coefficient (Wildman–Crippen LogP) is 1.37. The number of hydrogen-bond acceptors (Lipinski definition) is 6. The molecule has 4 rings (SSSR count). The lowest BCUT2D eigenvalue weighted by Gasteiger charge is -2.36. The minimum absolute atomic E-state index is 0.170. The van der Waals surface area contributed by atoms with Crippen molar-refractivity contribution in [1.82, 2.24) is 14.6 Å². The minimum atomic E-state index is -1.60. The first-order valence-corrected chi connectivity index (χ1v) is 9.12. The molecule has 140 valence electrons. The summed E-state index contributed by atoms with van der Waals surface area (Å²) in [7, 11) is -1.60. The van der Waals surface area contributed by atoms with Gasteiger partial charge in [0.1, 0.15) is 0 Å². The van der Waals surface area contributed by atoms with Crippen LogP contribution in [-0.4, -0.2) is 50.5 Å². The zero-order valence-corrected chi connectivity index (χ0v) is 15.5. The number of hydrogen-bond donors (Lipinski definition) is 3. The molecule has 8 heteroatoms. The summed E-state index contributed by atoms with van der Waals surface area (Å²) in [5, 5.41) is 27.5. The monoisotopic (exact) mass is 366 g/mol. The maximum atomic E-state index is 9.78. The fraction of sp³-hybridized carbons (Fsp3) is 0.368. The number of ether oxygens (including phenoxy) is 1. The molecule has 1 aliphatic heterocycles. The highest BCUT2D eigenvalue weighted by atomic mass is 16.5. The van der Waals surface area contributed by atoms with Gasteiger partial charge in [0.2, 0.25) is 0 Å². The van der Waals surface area contributed by atoms with E-state index in [0.29, 0.717) is 30.1 Å². The van der Waals surface area contributed by atoms with Gasteiger partial charge in [0.15, 0.2) is 0 Å². The third-order valence-corrected chi connectivity index (χ3v) is 5.15. The molecule has 0 amide bonds. The van der Waals surface area contributed by atoms with Crippen molar-refractivity contribution in [2.45, 2.75) is 32.2 Å². The van der Waals surface area contributed by atoms with E-state index in [1.165, 1.54) is 6.20 Å². The van der Waals surface area contributed by atoms with Gasteiger partial charge in [-0.25, -0.2) is 4.52 Å². The fourth-order valence-corrected chi connectivity index (χ4v) is 3.49. The third kappa shape index (κ3) is 3.56. The van der Waals surface area contributed by atoms with Crippen LogP contribution in [0.4, 0.5) is 5.69 Å². The number of rotatable bonds is 4. The molecule has 0 bridgehead atoms. The van der Waals surface area contributed by atoms with E-state index in [1.807, 2.05) is 35.8 Å². The summed E-state index contributed by atoms with van der Waals surface area (Å²) in [6, 6.07) is 7.89. The van der Waals surface area contributed by atoms with Gasteiger partial charge in [-0.15, -0.1) is 0 Å². The second-order valence-corrected chi connectivity index (χ2v) is 7.42. The van der Waals surface area contributed by atoms with Crippen LogP contribution in [-0.2, 0) is 4.74 Å². The third-order valence-electron chi connectivity index (χ3n) is 5.15. The lowest BCUT2D eigenvalue weighted by atomic mass is 9.79. The largest absolute Gasteiger partial charge is 0.492 e. The van der Waals surface area contributed by atoms with Crippen LogP contribution in [0.3, 0.4) is 0 Å². The molecule has 7 nitrogen and oxygen atoms in total. The number of pyridine rings is 1. The molecule has 0 atom stereocenters. The summed E-state index contributed by atoms with van der Waals surface area (Å²) in [5.74, 6) is 0. The number of aryl methyl sites for hydroxylation is 1. The molecule has 3 aromatic heterocycles. The zero-order chi connectivity index (χ0) is 19.0. The van der Waals surface area contributed by atoms with Gasteiger partial charge in [-0.1, -0.05) is 0 Å². The van der Waals surface area contributed by atoms with Gasteiger partial charge in [-0.3, -0.25) is 4.98 Å². The van der Waals surface area contributed by atoms with Crippen LogP contribution in [0.15, 0.2) is 36.7 Å². The Morgan fingerprint density at radius 2 is 1.96 bits per heavy atom. The first-order valence-electron chi connectivity index (χ1n) is 9.12. The van der Waals surface area contributed by atoms with E-state index >= 15 is 0 Å². The smallest absolute Gasteiger partial charge is 0.423 e. The number of nitrogens with one attached hydrogen (secondary N) is 1. The van der Waals surface area contributed by atoms with Gasteiger partial charge in [-0.2, -0.15) is 5.10 Å². The molecule has 1 aliphatic rings. The molecular formula is C19H23BN4O3. The van der Waals surface area contributed by atoms with Crippen LogP contribution in [0, 0.1) is 6.92 Å². The van der Waals surface area contributed by atoms with Gasteiger partial charge >= 0.3 is 7.12 Å². The fourth-order valence-electron chi connectivity index (χ4n) is 3.49. The van der Waals surface area contributed by atoms with Crippen LogP contribution in [0.25, 0.3) is 16.9 Å². The minimum Gasteiger partial charge on any atom is -0.423 e. The molecule has 1 fully saturated rings. The van der Waals surface area contributed by atoms with Crippen molar-refractivity contribution in [3.05, 3.63) is 42.2 Å². The van der Waals surface area contributed by atoms with Crippen molar-refractivity contribution in [3.63, 3.8) is 0 Å². The molecule has 0 spiro atoms. The Labute approximate surface area is 158 Å². The van der Waals surface area contributed by atoms with Gasteiger partial charge in [-0.05, 0) is 56.5 Å². The molecule has 0 aliphatic carbocycles. The van der Waals surface area contributed by atoms with Crippen molar-refractivity contribution < 1.29 is 14.8 Å². The molecular weight excluding hydrogens is 343 g/mol. The van der Waals surface area contributed by atoms with Crippen molar-refractivity contribution in [1.29, 1.82) is 0 Å². The second-order valence-electron chi connectivity index (χ2n) is 7.42. The Balaban J connectivity index is 1.76. The number of anilines is 1. The highest BCUT2D eigenvalue weighted by molar-refractivity contribution is 6.60.